The molecule has 0 fully saturated rings. The van der Waals surface area contributed by atoms with Gasteiger partial charge in [0.2, 0.25) is 15.9 Å². The molecule has 0 aliphatic heterocycles. The quantitative estimate of drug-likeness (QED) is 0.657. The van der Waals surface area contributed by atoms with Crippen LogP contribution in [0.5, 0.6) is 0 Å². The second kappa shape index (κ2) is 9.51. The highest BCUT2D eigenvalue weighted by Crippen LogP contribution is 2.32. The summed E-state index contributed by atoms with van der Waals surface area (Å²) < 4.78 is 63.9. The Balaban J connectivity index is 2.00. The predicted molar refractivity (Wildman–Crippen MR) is 111 cm³/mol. The Morgan fingerprint density at radius 2 is 1.77 bits per heavy atom. The van der Waals surface area contributed by atoms with Crippen LogP contribution in [0.15, 0.2) is 48.5 Å². The molecule has 0 aliphatic carbocycles. The molecule has 164 valence electrons. The first-order valence-electron chi connectivity index (χ1n) is 9.39. The van der Waals surface area contributed by atoms with E-state index in [2.05, 4.69) is 5.32 Å². The van der Waals surface area contributed by atoms with E-state index in [-0.39, 0.29) is 37.0 Å². The molecule has 0 spiro atoms. The van der Waals surface area contributed by atoms with Crippen molar-refractivity contribution in [2.24, 2.45) is 0 Å². The van der Waals surface area contributed by atoms with Crippen molar-refractivity contribution >= 4 is 21.6 Å². The van der Waals surface area contributed by atoms with Crippen LogP contribution in [0.25, 0.3) is 0 Å². The van der Waals surface area contributed by atoms with E-state index in [4.69, 9.17) is 0 Å². The van der Waals surface area contributed by atoms with Crippen LogP contribution in [0.2, 0.25) is 0 Å². The number of sulfonamides is 1. The second-order valence-electron chi connectivity index (χ2n) is 7.19. The lowest BCUT2D eigenvalue weighted by Gasteiger charge is -2.23. The van der Waals surface area contributed by atoms with Crippen LogP contribution in [0, 0.1) is 6.92 Å². The van der Waals surface area contributed by atoms with E-state index in [0.717, 1.165) is 39.9 Å². The molecule has 0 unspecified atom stereocenters. The van der Waals surface area contributed by atoms with E-state index in [9.17, 15) is 26.4 Å². The van der Waals surface area contributed by atoms with Gasteiger partial charge in [-0.25, -0.2) is 8.42 Å². The zero-order valence-corrected chi connectivity index (χ0v) is 17.8. The first-order chi connectivity index (χ1) is 13.9. The van der Waals surface area contributed by atoms with Gasteiger partial charge >= 0.3 is 6.18 Å². The third-order valence-corrected chi connectivity index (χ3v) is 5.78. The number of rotatable bonds is 8. The number of carbonyl (C=O) groups is 1. The van der Waals surface area contributed by atoms with Gasteiger partial charge in [0.05, 0.1) is 23.5 Å². The highest BCUT2D eigenvalue weighted by Gasteiger charge is 2.31. The molecule has 1 N–H and O–H groups in total. The van der Waals surface area contributed by atoms with Crippen LogP contribution in [0.3, 0.4) is 0 Å². The van der Waals surface area contributed by atoms with Gasteiger partial charge in [-0.05, 0) is 44.0 Å². The number of aryl methyl sites for hydroxylation is 1. The number of hydrogen-bond acceptors (Lipinski definition) is 3. The molecule has 2 rings (SSSR count). The van der Waals surface area contributed by atoms with Crippen LogP contribution >= 0.6 is 0 Å². The van der Waals surface area contributed by atoms with Crippen molar-refractivity contribution in [1.29, 1.82) is 0 Å². The Hall–Kier alpha value is -2.55. The molecule has 0 heterocycles. The molecular weight excluding hydrogens is 417 g/mol. The van der Waals surface area contributed by atoms with Gasteiger partial charge in [0, 0.05) is 13.0 Å². The van der Waals surface area contributed by atoms with Crippen molar-refractivity contribution in [3.05, 3.63) is 65.2 Å². The summed E-state index contributed by atoms with van der Waals surface area (Å²) in [5.74, 6) is -0.263. The van der Waals surface area contributed by atoms with Gasteiger partial charge in [-0.2, -0.15) is 13.2 Å². The van der Waals surface area contributed by atoms with E-state index >= 15 is 0 Å². The van der Waals surface area contributed by atoms with Crippen LogP contribution in [-0.2, 0) is 21.0 Å². The highest BCUT2D eigenvalue weighted by atomic mass is 32.2. The maximum absolute atomic E-state index is 12.9. The number of hydrogen-bond donors (Lipinski definition) is 1. The number of nitrogens with one attached hydrogen (secondary N) is 1. The second-order valence-corrected chi connectivity index (χ2v) is 9.09. The minimum Gasteiger partial charge on any atom is -0.350 e. The van der Waals surface area contributed by atoms with Crippen LogP contribution in [0.4, 0.5) is 18.9 Å². The van der Waals surface area contributed by atoms with E-state index in [0.29, 0.717) is 0 Å². The maximum atomic E-state index is 12.9. The molecule has 9 heteroatoms. The van der Waals surface area contributed by atoms with E-state index in [1.165, 1.54) is 6.07 Å². The summed E-state index contributed by atoms with van der Waals surface area (Å²) in [5, 5.41) is 2.84. The highest BCUT2D eigenvalue weighted by molar-refractivity contribution is 7.92. The maximum Gasteiger partial charge on any atom is 0.416 e. The topological polar surface area (TPSA) is 66.5 Å². The third kappa shape index (κ3) is 6.76. The molecule has 0 bridgehead atoms. The molecule has 0 aliphatic rings. The van der Waals surface area contributed by atoms with Crippen molar-refractivity contribution in [3.8, 4) is 0 Å². The van der Waals surface area contributed by atoms with Gasteiger partial charge in [-0.15, -0.1) is 0 Å². The monoisotopic (exact) mass is 442 g/mol. The van der Waals surface area contributed by atoms with Crippen molar-refractivity contribution in [2.75, 3.05) is 17.1 Å². The third-order valence-electron chi connectivity index (χ3n) is 4.58. The van der Waals surface area contributed by atoms with E-state index in [1.807, 2.05) is 38.1 Å². The molecule has 0 saturated carbocycles. The van der Waals surface area contributed by atoms with Gasteiger partial charge < -0.3 is 5.32 Å². The van der Waals surface area contributed by atoms with Crippen molar-refractivity contribution in [2.45, 2.75) is 38.9 Å². The lowest BCUT2D eigenvalue weighted by molar-refractivity contribution is -0.137. The number of carbonyl (C=O) groups excluding carboxylic acids is 1. The van der Waals surface area contributed by atoms with Crippen LogP contribution in [0.1, 0.15) is 42.5 Å². The zero-order valence-electron chi connectivity index (χ0n) is 17.0. The predicted octanol–water partition coefficient (Wildman–Crippen LogP) is 4.44. The van der Waals surface area contributed by atoms with Gasteiger partial charge in [0.1, 0.15) is 0 Å². The largest absolute Gasteiger partial charge is 0.416 e. The summed E-state index contributed by atoms with van der Waals surface area (Å²) in [6.07, 6.45) is -3.45. The number of benzene rings is 2. The van der Waals surface area contributed by atoms with Gasteiger partial charge in [0.15, 0.2) is 0 Å². The Bertz CT molecular complexity index is 974. The van der Waals surface area contributed by atoms with Crippen molar-refractivity contribution < 1.29 is 26.4 Å². The standard InChI is InChI=1S/C21H25F3N2O3S/c1-15-9-11-17(12-10-15)16(2)25-20(27)8-5-13-26(30(3,28)29)19-7-4-6-18(14-19)21(22,23)24/h4,6-7,9-12,14,16H,5,8,13H2,1-3H3,(H,25,27)/t16-/m0/s1. The SMILES string of the molecule is Cc1ccc([C@H](C)NC(=O)CCCN(c2cccc(C(F)(F)F)c2)S(C)(=O)=O)cc1. The zero-order chi connectivity index (χ0) is 22.5. The van der Waals surface area contributed by atoms with Gasteiger partial charge in [-0.3, -0.25) is 9.10 Å². The molecule has 30 heavy (non-hydrogen) atoms. The summed E-state index contributed by atoms with van der Waals surface area (Å²) in [6, 6.07) is 11.6. The molecule has 0 radical (unpaired) electrons. The summed E-state index contributed by atoms with van der Waals surface area (Å²) in [7, 11) is -3.81. The number of nitrogens with zero attached hydrogens (tertiary/aromatic N) is 1. The molecule has 0 aromatic heterocycles. The average molecular weight is 443 g/mol. The van der Waals surface area contributed by atoms with Crippen LogP contribution in [-0.4, -0.2) is 27.1 Å². The molecule has 5 nitrogen and oxygen atoms in total. The fraction of sp³-hybridized carbons (Fsp3) is 0.381. The Morgan fingerprint density at radius 3 is 2.33 bits per heavy atom. The first kappa shape index (κ1) is 23.7. The number of alkyl halides is 3. The average Bonchev–Trinajstić information content (AvgIpc) is 2.64. The molecule has 0 saturated heterocycles. The lowest BCUT2D eigenvalue weighted by Crippen LogP contribution is -2.32. The van der Waals surface area contributed by atoms with Crippen molar-refractivity contribution in [1.82, 2.24) is 5.32 Å². The van der Waals surface area contributed by atoms with E-state index in [1.54, 1.807) is 0 Å². The Kier molecular flexibility index (Phi) is 7.52. The first-order valence-corrected chi connectivity index (χ1v) is 11.2. The smallest absolute Gasteiger partial charge is 0.350 e. The summed E-state index contributed by atoms with van der Waals surface area (Å²) in [5.41, 5.74) is 1.03. The Morgan fingerprint density at radius 1 is 1.13 bits per heavy atom. The fourth-order valence-electron chi connectivity index (χ4n) is 2.96. The Labute approximate surface area is 175 Å². The summed E-state index contributed by atoms with van der Waals surface area (Å²) in [4.78, 5) is 12.2. The fourth-order valence-corrected chi connectivity index (χ4v) is 3.92. The molecule has 2 aromatic carbocycles. The number of amides is 1. The van der Waals surface area contributed by atoms with E-state index < -0.39 is 21.8 Å². The van der Waals surface area contributed by atoms with Crippen LogP contribution < -0.4 is 9.62 Å². The minimum atomic E-state index is -4.58. The summed E-state index contributed by atoms with van der Waals surface area (Å²) >= 11 is 0. The molecule has 1 atom stereocenters. The van der Waals surface area contributed by atoms with Gasteiger partial charge in [0.25, 0.3) is 0 Å². The summed E-state index contributed by atoms with van der Waals surface area (Å²) in [6.45, 7) is 3.70. The molecule has 2 aromatic rings. The lowest BCUT2D eigenvalue weighted by atomic mass is 10.1. The number of anilines is 1. The van der Waals surface area contributed by atoms with Crippen molar-refractivity contribution in [3.63, 3.8) is 0 Å². The molecule has 1 amide bonds. The number of halogens is 3. The normalized spacial score (nSPS) is 13.0. The molecular formula is C21H25F3N2O3S. The minimum absolute atomic E-state index is 0.0428. The van der Waals surface area contributed by atoms with Gasteiger partial charge in [-0.1, -0.05) is 35.9 Å².